The van der Waals surface area contributed by atoms with Gasteiger partial charge in [-0.2, -0.15) is 0 Å². The Morgan fingerprint density at radius 2 is 1.77 bits per heavy atom. The van der Waals surface area contributed by atoms with Gasteiger partial charge in [0, 0.05) is 16.6 Å². The predicted molar refractivity (Wildman–Crippen MR) is 116 cm³/mol. The zero-order valence-corrected chi connectivity index (χ0v) is 17.8. The van der Waals surface area contributed by atoms with E-state index in [1.54, 1.807) is 5.38 Å². The quantitative estimate of drug-likeness (QED) is 0.520. The lowest BCUT2D eigenvalue weighted by molar-refractivity contribution is -0.123. The lowest BCUT2D eigenvalue weighted by atomic mass is 10.2. The maximum atomic E-state index is 12.3. The summed E-state index contributed by atoms with van der Waals surface area (Å²) in [6.07, 6.45) is -1.04. The molecule has 3 N–H and O–H groups in total. The molecule has 3 rings (SSSR count). The summed E-state index contributed by atoms with van der Waals surface area (Å²) in [5, 5.41) is 4.78. The van der Waals surface area contributed by atoms with Crippen molar-refractivity contribution in [1.82, 2.24) is 4.98 Å². The molecule has 0 aliphatic rings. The molecule has 1 heterocycles. The van der Waals surface area contributed by atoms with Crippen LogP contribution in [0.5, 0.6) is 5.75 Å². The third kappa shape index (κ3) is 6.13. The normalized spacial score (nSPS) is 11.4. The molecule has 0 fully saturated rings. The number of benzene rings is 2. The van der Waals surface area contributed by atoms with Gasteiger partial charge in [0.05, 0.1) is 0 Å². The summed E-state index contributed by atoms with van der Waals surface area (Å²) in [7, 11) is 0. The molecule has 3 aromatic rings. The van der Waals surface area contributed by atoms with Crippen LogP contribution in [0.15, 0.2) is 53.9 Å². The number of carbonyl (C=O) groups is 3. The number of carbonyl (C=O) groups excluding carboxylic acids is 3. The van der Waals surface area contributed by atoms with Crippen LogP contribution < -0.4 is 15.8 Å². The van der Waals surface area contributed by atoms with Crippen molar-refractivity contribution in [1.29, 1.82) is 0 Å². The van der Waals surface area contributed by atoms with Crippen molar-refractivity contribution >= 4 is 34.8 Å². The van der Waals surface area contributed by atoms with Gasteiger partial charge in [0.25, 0.3) is 5.91 Å². The number of nitrogens with one attached hydrogen (secondary N) is 1. The van der Waals surface area contributed by atoms with Crippen molar-refractivity contribution in [2.75, 3.05) is 5.32 Å². The maximum Gasteiger partial charge on any atom is 0.358 e. The second-order valence-electron chi connectivity index (χ2n) is 6.71. The Morgan fingerprint density at radius 3 is 2.42 bits per heavy atom. The number of thiazole rings is 1. The van der Waals surface area contributed by atoms with Gasteiger partial charge in [-0.25, -0.2) is 9.78 Å². The van der Waals surface area contributed by atoms with Gasteiger partial charge in [-0.15, -0.1) is 11.3 Å². The molecule has 0 aliphatic heterocycles. The van der Waals surface area contributed by atoms with Crippen LogP contribution in [0.3, 0.4) is 0 Å². The largest absolute Gasteiger partial charge is 0.486 e. The highest BCUT2D eigenvalue weighted by molar-refractivity contribution is 7.09. The molecule has 0 spiro atoms. The summed E-state index contributed by atoms with van der Waals surface area (Å²) in [5.41, 5.74) is 7.19. The number of rotatable bonds is 8. The number of amides is 2. The highest BCUT2D eigenvalue weighted by Gasteiger charge is 2.21. The van der Waals surface area contributed by atoms with Crippen LogP contribution in [-0.2, 0) is 16.1 Å². The van der Waals surface area contributed by atoms with E-state index in [1.165, 1.54) is 42.5 Å². The minimum absolute atomic E-state index is 0.109. The molecule has 1 atom stereocenters. The summed E-state index contributed by atoms with van der Waals surface area (Å²) < 4.78 is 10.9. The summed E-state index contributed by atoms with van der Waals surface area (Å²) in [6, 6.07) is 13.7. The molecular formula is C22H21N3O5S. The Morgan fingerprint density at radius 1 is 1.10 bits per heavy atom. The van der Waals surface area contributed by atoms with E-state index in [-0.39, 0.29) is 12.3 Å². The van der Waals surface area contributed by atoms with Crippen molar-refractivity contribution in [3.63, 3.8) is 0 Å². The minimum Gasteiger partial charge on any atom is -0.486 e. The summed E-state index contributed by atoms with van der Waals surface area (Å²) >= 11 is 1.27. The first-order valence-electron chi connectivity index (χ1n) is 9.37. The van der Waals surface area contributed by atoms with Gasteiger partial charge in [0.2, 0.25) is 5.91 Å². The van der Waals surface area contributed by atoms with Crippen molar-refractivity contribution in [3.05, 3.63) is 75.7 Å². The highest BCUT2D eigenvalue weighted by atomic mass is 32.1. The zero-order valence-electron chi connectivity index (χ0n) is 17.0. The van der Waals surface area contributed by atoms with Gasteiger partial charge in [-0.3, -0.25) is 9.59 Å². The average Bonchev–Trinajstić information content (AvgIpc) is 3.23. The van der Waals surface area contributed by atoms with Crippen LogP contribution in [0.25, 0.3) is 0 Å². The van der Waals surface area contributed by atoms with E-state index in [9.17, 15) is 14.4 Å². The first-order valence-corrected chi connectivity index (χ1v) is 10.3. The number of anilines is 1. The van der Waals surface area contributed by atoms with Gasteiger partial charge >= 0.3 is 5.97 Å². The fraction of sp³-hybridized carbons (Fsp3) is 0.182. The Labute approximate surface area is 183 Å². The standard InChI is InChI=1S/C22H21N3O5S/c1-13-3-9-17(10-4-13)29-11-19-25-18(12-31-19)22(28)30-14(2)21(27)24-16-7-5-15(6-8-16)20(23)26/h3-10,12,14H,11H2,1-2H3,(H2,23,26)(H,24,27). The number of aromatic nitrogens is 1. The van der Waals surface area contributed by atoms with E-state index in [1.807, 2.05) is 31.2 Å². The monoisotopic (exact) mass is 439 g/mol. The maximum absolute atomic E-state index is 12.3. The second-order valence-corrected chi connectivity index (χ2v) is 7.65. The molecule has 160 valence electrons. The highest BCUT2D eigenvalue weighted by Crippen LogP contribution is 2.17. The second kappa shape index (κ2) is 9.86. The van der Waals surface area contributed by atoms with E-state index in [2.05, 4.69) is 10.3 Å². The van der Waals surface area contributed by atoms with Crippen LogP contribution in [-0.4, -0.2) is 28.9 Å². The topological polar surface area (TPSA) is 121 Å². The van der Waals surface area contributed by atoms with Crippen molar-refractivity contribution in [2.45, 2.75) is 26.6 Å². The lowest BCUT2D eigenvalue weighted by Gasteiger charge is -2.13. The van der Waals surface area contributed by atoms with Gasteiger partial charge in [0.1, 0.15) is 17.4 Å². The van der Waals surface area contributed by atoms with Gasteiger partial charge in [-0.05, 0) is 50.2 Å². The SMILES string of the molecule is Cc1ccc(OCc2nc(C(=O)OC(C)C(=O)Nc3ccc(C(N)=O)cc3)cs2)cc1. The number of esters is 1. The van der Waals surface area contributed by atoms with Crippen LogP contribution in [0.2, 0.25) is 0 Å². The molecule has 2 aromatic carbocycles. The Hall–Kier alpha value is -3.72. The number of hydrogen-bond donors (Lipinski definition) is 2. The Balaban J connectivity index is 1.51. The summed E-state index contributed by atoms with van der Waals surface area (Å²) in [4.78, 5) is 39.9. The van der Waals surface area contributed by atoms with E-state index in [4.69, 9.17) is 15.2 Å². The van der Waals surface area contributed by atoms with Crippen LogP contribution >= 0.6 is 11.3 Å². The first kappa shape index (κ1) is 22.0. The fourth-order valence-corrected chi connectivity index (χ4v) is 3.16. The number of hydrogen-bond acceptors (Lipinski definition) is 7. The number of nitrogens with zero attached hydrogens (tertiary/aromatic N) is 1. The molecule has 8 nitrogen and oxygen atoms in total. The number of ether oxygens (including phenoxy) is 2. The van der Waals surface area contributed by atoms with Gasteiger partial charge in [-0.1, -0.05) is 17.7 Å². The lowest BCUT2D eigenvalue weighted by Crippen LogP contribution is -2.30. The van der Waals surface area contributed by atoms with Crippen LogP contribution in [0.4, 0.5) is 5.69 Å². The molecule has 1 aromatic heterocycles. The van der Waals surface area contributed by atoms with Crippen LogP contribution in [0.1, 0.15) is 38.3 Å². The predicted octanol–water partition coefficient (Wildman–Crippen LogP) is 3.31. The average molecular weight is 439 g/mol. The third-order valence-electron chi connectivity index (χ3n) is 4.23. The van der Waals surface area contributed by atoms with Crippen LogP contribution in [0, 0.1) is 6.92 Å². The summed E-state index contributed by atoms with van der Waals surface area (Å²) in [6.45, 7) is 3.67. The molecule has 0 saturated carbocycles. The molecule has 0 saturated heterocycles. The molecule has 0 aliphatic carbocycles. The number of nitrogens with two attached hydrogens (primary N) is 1. The molecule has 9 heteroatoms. The van der Waals surface area contributed by atoms with E-state index in [0.717, 1.165) is 5.56 Å². The smallest absolute Gasteiger partial charge is 0.358 e. The molecule has 1 unspecified atom stereocenters. The van der Waals surface area contributed by atoms with Crippen molar-refractivity contribution < 1.29 is 23.9 Å². The molecule has 0 radical (unpaired) electrons. The van der Waals surface area contributed by atoms with E-state index >= 15 is 0 Å². The number of aryl methyl sites for hydroxylation is 1. The molecule has 0 bridgehead atoms. The van der Waals surface area contributed by atoms with E-state index in [0.29, 0.717) is 22.0 Å². The Bertz CT molecular complexity index is 1080. The zero-order chi connectivity index (χ0) is 22.4. The minimum atomic E-state index is -1.04. The molecule has 2 amide bonds. The van der Waals surface area contributed by atoms with Gasteiger partial charge in [0.15, 0.2) is 11.8 Å². The molecular weight excluding hydrogens is 418 g/mol. The van der Waals surface area contributed by atoms with Gasteiger partial charge < -0.3 is 20.5 Å². The fourth-order valence-electron chi connectivity index (χ4n) is 2.49. The van der Waals surface area contributed by atoms with Crippen molar-refractivity contribution in [2.24, 2.45) is 5.73 Å². The van der Waals surface area contributed by atoms with E-state index < -0.39 is 23.9 Å². The third-order valence-corrected chi connectivity index (χ3v) is 5.06. The molecule has 31 heavy (non-hydrogen) atoms. The summed E-state index contributed by atoms with van der Waals surface area (Å²) in [5.74, 6) is -1.07. The van der Waals surface area contributed by atoms with Crippen molar-refractivity contribution in [3.8, 4) is 5.75 Å². The number of primary amides is 1. The first-order chi connectivity index (χ1) is 14.8. The Kier molecular flexibility index (Phi) is 6.99.